The van der Waals surface area contributed by atoms with Crippen LogP contribution < -0.4 is 59.3 Å². The molecule has 6 aromatic rings. The highest BCUT2D eigenvalue weighted by Gasteiger charge is 2.47. The molecule has 3 saturated heterocycles. The predicted molar refractivity (Wildman–Crippen MR) is 479 cm³/mol. The van der Waals surface area contributed by atoms with Crippen molar-refractivity contribution in [2.24, 2.45) is 17.4 Å². The van der Waals surface area contributed by atoms with E-state index in [0.717, 1.165) is 36.3 Å². The third-order valence-electron chi connectivity index (χ3n) is 24.0. The fourth-order valence-electron chi connectivity index (χ4n) is 16.4. The molecule has 0 bridgehead atoms. The van der Waals surface area contributed by atoms with Crippen molar-refractivity contribution in [3.8, 4) is 5.75 Å². The van der Waals surface area contributed by atoms with Gasteiger partial charge in [-0.15, -0.1) is 11.8 Å². The minimum absolute atomic E-state index is 0.0200. The van der Waals surface area contributed by atoms with Crippen molar-refractivity contribution in [2.45, 2.75) is 228 Å². The molecule has 0 aliphatic carbocycles. The zero-order valence-electron chi connectivity index (χ0n) is 74.6. The van der Waals surface area contributed by atoms with Crippen molar-refractivity contribution < 1.29 is 102 Å². The van der Waals surface area contributed by atoms with Gasteiger partial charge >= 0.3 is 5.97 Å². The molecule has 0 spiro atoms. The number of hydrogen-bond donors (Lipinski definition) is 18. The maximum atomic E-state index is 15.6. The monoisotopic (exact) mass is 1840 g/mol. The van der Waals surface area contributed by atoms with Crippen molar-refractivity contribution in [3.63, 3.8) is 0 Å². The molecule has 6 heterocycles. The number of para-hydroxylation sites is 2. The number of carbonyl (C=O) groups excluding carboxylic acids is 16. The van der Waals surface area contributed by atoms with E-state index in [-0.39, 0.29) is 95.2 Å². The van der Waals surface area contributed by atoms with Gasteiger partial charge in [0, 0.05) is 118 Å². The van der Waals surface area contributed by atoms with Crippen LogP contribution in [0.15, 0.2) is 97.7 Å². The van der Waals surface area contributed by atoms with Gasteiger partial charge in [-0.25, -0.2) is 4.98 Å². The molecule has 3 fully saturated rings. The molecule has 9 rings (SSSR count). The third kappa shape index (κ3) is 27.9. The van der Waals surface area contributed by atoms with Crippen molar-refractivity contribution in [1.82, 2.24) is 92.3 Å². The zero-order valence-corrected chi connectivity index (χ0v) is 75.4. The number of aromatic nitrogens is 4. The summed E-state index contributed by atoms with van der Waals surface area (Å²) in [6.07, 6.45) is 3.92. The summed E-state index contributed by atoms with van der Waals surface area (Å²) in [7, 11) is 3.91. The van der Waals surface area contributed by atoms with Crippen molar-refractivity contribution >= 4 is 134 Å². The Kier molecular flexibility index (Phi) is 37.9. The molecule has 0 saturated carbocycles. The second-order valence-electron chi connectivity index (χ2n) is 33.5. The number of aliphatic hydroxyl groups is 2. The fourth-order valence-corrected chi connectivity index (χ4v) is 17.3. The number of aromatic amines is 3. The summed E-state index contributed by atoms with van der Waals surface area (Å²) in [5, 5.41) is 67.9. The SMILES string of the molecule is CCCC[C@H]1C(=O)N(C)[C@@H](CCCC)C(=O)N[C@@H](C)C(=O)N[C@H](C(=O)NCC(N)=O)CSCC(=O)N[C@@H](Cc2ccc(O)cc2)C(=O)N(C)[C@@H](C)C(=O)N[C@@H](CC(=O)O)C(=O)N2CCC[C@H]2C(=O)N[C@@H](Cc2c[nH]cn2)C(=O)N[C@@H](CCCCN)C(=O)N2C[C@H](O)CC2C(=O)C[C@@H](Cc2c[nH]c3ccccc23)C(=O)N[C@@H](CO)C(=O)N[C@@H](Cc2c[nH]c3ccccc23)C(=O)N1C. The van der Waals surface area contributed by atoms with Gasteiger partial charge in [0.2, 0.25) is 88.6 Å². The number of primary amides is 1. The number of Topliss-reactive ketones (excluding diaryl/α,β-unsaturated/α-hetero) is 1. The van der Waals surface area contributed by atoms with Crippen LogP contribution in [-0.2, 0) is 107 Å². The number of benzene rings is 3. The number of nitrogens with one attached hydrogen (secondary N) is 12. The number of aromatic hydroxyl groups is 1. The van der Waals surface area contributed by atoms with Crippen LogP contribution in [0, 0.1) is 5.92 Å². The molecule has 710 valence electrons. The molecule has 0 radical (unpaired) electrons. The Morgan fingerprint density at radius 2 is 1.16 bits per heavy atom. The van der Waals surface area contributed by atoms with Crippen LogP contribution >= 0.6 is 11.8 Å². The van der Waals surface area contributed by atoms with E-state index >= 15 is 33.6 Å². The van der Waals surface area contributed by atoms with E-state index in [0.29, 0.717) is 70.6 Å². The second kappa shape index (κ2) is 48.7. The van der Waals surface area contributed by atoms with Crippen molar-refractivity contribution in [1.29, 1.82) is 0 Å². The van der Waals surface area contributed by atoms with E-state index in [2.05, 4.69) is 67.8 Å². The van der Waals surface area contributed by atoms with Gasteiger partial charge in [0.05, 0.1) is 49.5 Å². The molecule has 15 amide bonds. The summed E-state index contributed by atoms with van der Waals surface area (Å²) in [5.74, 6) is -18.7. The number of nitrogens with two attached hydrogens (primary N) is 2. The standard InChI is InChI=1S/C89H122N20O21S/c1-8-10-24-69-83(124)97-49(3)77(118)104-68(80(121)95-43-74(91)114)46-131-47-75(115)98-64(33-51-27-29-56(111)30-28-51)85(126)105(5)50(4)78(119)101-66(39-76(116)117)88(129)108-32-18-26-70(108)84(125)100-63(37-55-42-92-48-96-55)81(122)99-62(23-16-17-31-90)87(128)109-44-57(112)38-72(109)73(113)36-52(34-53-40-93-60-21-14-12-19-58(53)60)79(120)103-67(45-110)82(123)102-65(35-54-41-94-61-22-15-13-20-59(54)61)86(127)107(7)71(25-11-9-2)89(130)106(69)6/h12-15,19-22,27-30,40-42,48-50,52,57,62-72,93-94,110-112H,8-11,16-18,23-26,31-39,43-47,90H2,1-7H3,(H2,91,114)(H,92,96)(H,95,121)(H,97,124)(H,98,115)(H,99,122)(H,100,125)(H,101,119)(H,102,123)(H,103,120)(H,104,118)(H,116,117)/t49-,50-,52+,57+,62-,63-,64-,65-,66-,67-,68-,69-,70-,71-,72?/m0/s1. The molecule has 1 unspecified atom stereocenters. The summed E-state index contributed by atoms with van der Waals surface area (Å²) >= 11 is 0.773. The normalized spacial score (nSPS) is 25.2. The number of thioether (sulfide) groups is 1. The molecule has 15 atom stereocenters. The van der Waals surface area contributed by atoms with Crippen LogP contribution in [0.3, 0.4) is 0 Å². The Morgan fingerprint density at radius 1 is 0.573 bits per heavy atom. The number of hydrogen-bond acceptors (Lipinski definition) is 23. The first-order valence-corrected chi connectivity index (χ1v) is 45.3. The summed E-state index contributed by atoms with van der Waals surface area (Å²) in [4.78, 5) is 267. The largest absolute Gasteiger partial charge is 0.508 e. The average molecular weight is 1840 g/mol. The minimum atomic E-state index is -1.90. The number of carboxylic acids is 1. The lowest BCUT2D eigenvalue weighted by Crippen LogP contribution is -2.60. The number of rotatable bonds is 24. The van der Waals surface area contributed by atoms with Crippen molar-refractivity contribution in [2.75, 3.05) is 65.4 Å². The first-order valence-electron chi connectivity index (χ1n) is 44.1. The molecule has 20 N–H and O–H groups in total. The number of aliphatic carboxylic acids is 1. The molecule has 3 aliphatic heterocycles. The smallest absolute Gasteiger partial charge is 0.305 e. The Bertz CT molecular complexity index is 5050. The highest BCUT2D eigenvalue weighted by Crippen LogP contribution is 2.30. The van der Waals surface area contributed by atoms with Gasteiger partial charge in [-0.2, -0.15) is 0 Å². The quantitative estimate of drug-likeness (QED) is 0.0310. The van der Waals surface area contributed by atoms with Crippen molar-refractivity contribution in [3.05, 3.63) is 120 Å². The molecular weight excluding hydrogens is 1720 g/mol. The van der Waals surface area contributed by atoms with Crippen LogP contribution in [0.4, 0.5) is 0 Å². The Morgan fingerprint density at radius 3 is 1.79 bits per heavy atom. The second-order valence-corrected chi connectivity index (χ2v) is 34.6. The number of imidazole rings is 1. The Labute approximate surface area is 761 Å². The van der Waals surface area contributed by atoms with E-state index in [4.69, 9.17) is 11.5 Å². The van der Waals surface area contributed by atoms with Gasteiger partial charge in [-0.3, -0.25) is 81.5 Å². The topological polar surface area (TPSA) is 608 Å². The maximum Gasteiger partial charge on any atom is 0.305 e. The summed E-state index contributed by atoms with van der Waals surface area (Å²) < 4.78 is 0. The summed E-state index contributed by atoms with van der Waals surface area (Å²) in [6.45, 7) is 4.01. The lowest BCUT2D eigenvalue weighted by molar-refractivity contribution is -0.149. The number of likely N-dealkylation sites (N-methyl/N-ethyl adjacent to an activating group) is 3. The molecule has 41 nitrogen and oxygen atoms in total. The number of phenolic OH excluding ortho intramolecular Hbond substituents is 1. The number of fused-ring (bicyclic) bond motifs is 4. The van der Waals surface area contributed by atoms with Crippen LogP contribution in [0.2, 0.25) is 0 Å². The van der Waals surface area contributed by atoms with E-state index < -0.39 is 235 Å². The van der Waals surface area contributed by atoms with Crippen LogP contribution in [0.25, 0.3) is 21.8 Å². The number of phenols is 1. The molecule has 42 heteroatoms. The number of nitrogens with zero attached hydrogens (tertiary/aromatic N) is 6. The first-order chi connectivity index (χ1) is 62.5. The van der Waals surface area contributed by atoms with E-state index in [1.54, 1.807) is 60.9 Å². The van der Waals surface area contributed by atoms with Gasteiger partial charge in [-0.1, -0.05) is 88.1 Å². The molecule has 3 aromatic carbocycles. The lowest BCUT2D eigenvalue weighted by atomic mass is 9.90. The zero-order chi connectivity index (χ0) is 95.4. The van der Waals surface area contributed by atoms with Crippen LogP contribution in [0.1, 0.15) is 140 Å². The number of aliphatic hydroxyl groups excluding tert-OH is 2. The average Bonchev–Trinajstić information content (AvgIpc) is 1.59. The molecule has 3 aliphatic rings. The number of carboxylic acid groups (broad SMARTS) is 1. The van der Waals surface area contributed by atoms with Gasteiger partial charge in [0.1, 0.15) is 78.3 Å². The Balaban J connectivity index is 1.08. The highest BCUT2D eigenvalue weighted by molar-refractivity contribution is 8.00. The van der Waals surface area contributed by atoms with Gasteiger partial charge < -0.3 is 119 Å². The van der Waals surface area contributed by atoms with E-state index in [1.807, 2.05) is 13.8 Å². The number of unbranched alkanes of at least 4 members (excludes halogenated alkanes) is 3. The molecular formula is C89H122N20O21S. The summed E-state index contributed by atoms with van der Waals surface area (Å²) in [6, 6.07) is -0.273. The number of ketones is 1. The van der Waals surface area contributed by atoms with Crippen LogP contribution in [-0.4, -0.2) is 315 Å². The first kappa shape index (κ1) is 102. The summed E-state index contributed by atoms with van der Waals surface area (Å²) in [5.41, 5.74) is 14.3. The predicted octanol–water partition coefficient (Wildman–Crippen LogP) is -1.40. The van der Waals surface area contributed by atoms with Crippen LogP contribution in [0.5, 0.6) is 5.75 Å². The molecule has 3 aromatic heterocycles. The third-order valence-corrected chi connectivity index (χ3v) is 25.0. The lowest BCUT2D eigenvalue weighted by Gasteiger charge is -2.36. The minimum Gasteiger partial charge on any atom is -0.508 e. The number of carbonyl (C=O) groups is 17. The maximum absolute atomic E-state index is 15.6. The number of amides is 15. The Hall–Kier alpha value is -12.8. The molecule has 131 heavy (non-hydrogen) atoms. The fraction of sp³-hybridized carbons (Fsp3) is 0.528. The van der Waals surface area contributed by atoms with Gasteiger partial charge in [0.25, 0.3) is 0 Å². The highest BCUT2D eigenvalue weighted by atomic mass is 32.2. The van der Waals surface area contributed by atoms with Gasteiger partial charge in [-0.05, 0) is 113 Å². The van der Waals surface area contributed by atoms with Gasteiger partial charge in [0.15, 0.2) is 5.78 Å². The van der Waals surface area contributed by atoms with E-state index in [9.17, 15) is 68.4 Å². The van der Waals surface area contributed by atoms with E-state index in [1.165, 1.54) is 71.8 Å². The number of H-pyrrole nitrogens is 3.